The minimum Gasteiger partial charge on any atom is -0.493 e. The normalized spacial score (nSPS) is 10.8. The van der Waals surface area contributed by atoms with Crippen molar-refractivity contribution in [2.45, 2.75) is 0 Å². The third-order valence-electron chi connectivity index (χ3n) is 3.74. The summed E-state index contributed by atoms with van der Waals surface area (Å²) in [6.07, 6.45) is 2.93. The summed E-state index contributed by atoms with van der Waals surface area (Å²) in [6, 6.07) is 7.93. The first-order chi connectivity index (χ1) is 13.4. The van der Waals surface area contributed by atoms with Gasteiger partial charge in [0.25, 0.3) is 0 Å². The Morgan fingerprint density at radius 1 is 0.857 bits per heavy atom. The summed E-state index contributed by atoms with van der Waals surface area (Å²) in [4.78, 5) is 30.7. The molecule has 2 aromatic carbocycles. The Hall–Kier alpha value is -2.80. The molecule has 0 spiro atoms. The van der Waals surface area contributed by atoms with Gasteiger partial charge < -0.3 is 33.3 Å². The Morgan fingerprint density at radius 3 is 1.96 bits per heavy atom. The smallest absolute Gasteiger partial charge is 0.391 e. The first kappa shape index (κ1) is 21.5. The van der Waals surface area contributed by atoms with E-state index in [-0.39, 0.29) is 11.5 Å². The second-order valence-electron chi connectivity index (χ2n) is 5.37. The van der Waals surface area contributed by atoms with Crippen LogP contribution < -0.4 is 23.5 Å². The zero-order valence-corrected chi connectivity index (χ0v) is 16.7. The predicted octanol–water partition coefficient (Wildman–Crippen LogP) is 3.21. The molecule has 150 valence electrons. The molecule has 8 nitrogen and oxygen atoms in total. The van der Waals surface area contributed by atoms with Gasteiger partial charge >= 0.3 is 8.60 Å². The molecule has 2 N–H and O–H groups in total. The largest absolute Gasteiger partial charge is 0.493 e. The third-order valence-corrected chi connectivity index (χ3v) is 4.10. The zero-order chi connectivity index (χ0) is 20.7. The van der Waals surface area contributed by atoms with E-state index < -0.39 is 8.60 Å². The van der Waals surface area contributed by atoms with Crippen molar-refractivity contribution in [2.75, 3.05) is 28.4 Å². The maximum Gasteiger partial charge on any atom is 0.391 e. The Morgan fingerprint density at radius 2 is 1.46 bits per heavy atom. The molecular weight excluding hydrogens is 387 g/mol. The standard InChI is InChI=1S/C19H21O8P/c1-23-15-8-6-12(9-16(15)27-28(21)22)5-7-14(20)13-10-17(24-2)19(26-4)18(11-13)25-3/h5-11,21-22H,1-4H3/b7-5+. The molecule has 0 saturated carbocycles. The van der Waals surface area contributed by atoms with Crippen LogP contribution in [0.3, 0.4) is 0 Å². The molecule has 0 fully saturated rings. The van der Waals surface area contributed by atoms with Crippen LogP contribution in [0.5, 0.6) is 28.7 Å². The molecule has 0 aliphatic heterocycles. The summed E-state index contributed by atoms with van der Waals surface area (Å²) in [5.74, 6) is 1.34. The molecule has 0 heterocycles. The van der Waals surface area contributed by atoms with Crippen molar-refractivity contribution < 1.29 is 38.1 Å². The minimum atomic E-state index is -2.60. The van der Waals surface area contributed by atoms with Crippen molar-refractivity contribution in [3.63, 3.8) is 0 Å². The molecule has 0 bridgehead atoms. The summed E-state index contributed by atoms with van der Waals surface area (Å²) >= 11 is 0. The van der Waals surface area contributed by atoms with Crippen LogP contribution in [0.15, 0.2) is 36.4 Å². The van der Waals surface area contributed by atoms with Crippen LogP contribution in [0, 0.1) is 0 Å². The number of carbonyl (C=O) groups excluding carboxylic acids is 1. The van der Waals surface area contributed by atoms with E-state index in [4.69, 9.17) is 33.3 Å². The van der Waals surface area contributed by atoms with Gasteiger partial charge in [0.1, 0.15) is 0 Å². The number of carbonyl (C=O) groups is 1. The van der Waals surface area contributed by atoms with Gasteiger partial charge in [0, 0.05) is 5.56 Å². The highest BCUT2D eigenvalue weighted by atomic mass is 31.2. The van der Waals surface area contributed by atoms with Crippen molar-refractivity contribution in [3.05, 3.63) is 47.5 Å². The van der Waals surface area contributed by atoms with E-state index in [0.717, 1.165) is 0 Å². The number of ketones is 1. The van der Waals surface area contributed by atoms with E-state index >= 15 is 0 Å². The zero-order valence-electron chi connectivity index (χ0n) is 15.8. The minimum absolute atomic E-state index is 0.154. The second-order valence-corrected chi connectivity index (χ2v) is 6.05. The lowest BCUT2D eigenvalue weighted by molar-refractivity contribution is 0.104. The highest BCUT2D eigenvalue weighted by Crippen LogP contribution is 2.39. The molecular formula is C19H21O8P. The van der Waals surface area contributed by atoms with E-state index in [1.54, 1.807) is 30.3 Å². The van der Waals surface area contributed by atoms with Gasteiger partial charge in [-0.05, 0) is 35.9 Å². The summed E-state index contributed by atoms with van der Waals surface area (Å²) in [7, 11) is 3.26. The van der Waals surface area contributed by atoms with E-state index in [1.807, 2.05) is 0 Å². The molecule has 0 saturated heterocycles. The van der Waals surface area contributed by atoms with Crippen molar-refractivity contribution in [3.8, 4) is 28.7 Å². The maximum atomic E-state index is 12.6. The highest BCUT2D eigenvalue weighted by Gasteiger charge is 2.16. The predicted molar refractivity (Wildman–Crippen MR) is 104 cm³/mol. The van der Waals surface area contributed by atoms with Crippen LogP contribution in [-0.2, 0) is 0 Å². The van der Waals surface area contributed by atoms with E-state index in [9.17, 15) is 4.79 Å². The molecule has 0 radical (unpaired) electrons. The van der Waals surface area contributed by atoms with Crippen LogP contribution in [0.1, 0.15) is 15.9 Å². The number of methoxy groups -OCH3 is 4. The van der Waals surface area contributed by atoms with Gasteiger partial charge in [-0.2, -0.15) is 0 Å². The Labute approximate surface area is 163 Å². The number of hydrogen-bond acceptors (Lipinski definition) is 8. The molecule has 0 amide bonds. The Balaban J connectivity index is 2.31. The first-order valence-electron chi connectivity index (χ1n) is 7.99. The quantitative estimate of drug-likeness (QED) is 0.370. The molecule has 9 heteroatoms. The fourth-order valence-corrected chi connectivity index (χ4v) is 2.77. The molecule has 0 aromatic heterocycles. The second kappa shape index (κ2) is 9.94. The number of hydrogen-bond donors (Lipinski definition) is 2. The lowest BCUT2D eigenvalue weighted by Crippen LogP contribution is -2.00. The van der Waals surface area contributed by atoms with Gasteiger partial charge in [0.2, 0.25) is 5.75 Å². The first-order valence-corrected chi connectivity index (χ1v) is 9.16. The lowest BCUT2D eigenvalue weighted by Gasteiger charge is -2.13. The monoisotopic (exact) mass is 408 g/mol. The highest BCUT2D eigenvalue weighted by molar-refractivity contribution is 7.39. The summed E-state index contributed by atoms with van der Waals surface area (Å²) < 4.78 is 25.8. The molecule has 2 aromatic rings. The Kier molecular flexibility index (Phi) is 7.63. The molecule has 0 unspecified atom stereocenters. The van der Waals surface area contributed by atoms with Gasteiger partial charge in [-0.25, -0.2) is 0 Å². The van der Waals surface area contributed by atoms with Crippen LogP contribution in [0.4, 0.5) is 0 Å². The SMILES string of the molecule is COc1ccc(/C=C/C(=O)c2cc(OC)c(OC)c(OC)c2)cc1OP(O)O. The van der Waals surface area contributed by atoms with Crippen LogP contribution in [0.2, 0.25) is 0 Å². The van der Waals surface area contributed by atoms with E-state index in [1.165, 1.54) is 40.6 Å². The van der Waals surface area contributed by atoms with Gasteiger partial charge in [0.15, 0.2) is 28.8 Å². The fourth-order valence-electron chi connectivity index (χ4n) is 2.45. The van der Waals surface area contributed by atoms with Gasteiger partial charge in [-0.3, -0.25) is 4.79 Å². The topological polar surface area (TPSA) is 104 Å². The average Bonchev–Trinajstić information content (AvgIpc) is 2.70. The summed E-state index contributed by atoms with van der Waals surface area (Å²) in [5, 5.41) is 0. The van der Waals surface area contributed by atoms with Crippen LogP contribution in [-0.4, -0.2) is 44.0 Å². The number of ether oxygens (including phenoxy) is 4. The molecule has 28 heavy (non-hydrogen) atoms. The van der Waals surface area contributed by atoms with Crippen LogP contribution >= 0.6 is 8.60 Å². The summed E-state index contributed by atoms with van der Waals surface area (Å²) in [5.41, 5.74) is 0.957. The maximum absolute atomic E-state index is 12.6. The number of allylic oxidation sites excluding steroid dienone is 1. The average molecular weight is 408 g/mol. The van der Waals surface area contributed by atoms with Gasteiger partial charge in [-0.15, -0.1) is 0 Å². The van der Waals surface area contributed by atoms with E-state index in [0.29, 0.717) is 34.1 Å². The molecule has 0 aliphatic rings. The molecule has 0 aliphatic carbocycles. The van der Waals surface area contributed by atoms with Gasteiger partial charge in [-0.1, -0.05) is 12.1 Å². The van der Waals surface area contributed by atoms with Crippen molar-refractivity contribution in [1.82, 2.24) is 0 Å². The van der Waals surface area contributed by atoms with Gasteiger partial charge in [0.05, 0.1) is 28.4 Å². The number of rotatable bonds is 9. The third kappa shape index (κ3) is 5.13. The summed E-state index contributed by atoms with van der Waals surface area (Å²) in [6.45, 7) is 0. The lowest BCUT2D eigenvalue weighted by atomic mass is 10.1. The van der Waals surface area contributed by atoms with Crippen molar-refractivity contribution >= 4 is 20.5 Å². The molecule has 0 atom stereocenters. The molecule has 2 rings (SSSR count). The van der Waals surface area contributed by atoms with E-state index in [2.05, 4.69) is 0 Å². The number of benzene rings is 2. The Bertz CT molecular complexity index is 838. The van der Waals surface area contributed by atoms with Crippen molar-refractivity contribution in [1.29, 1.82) is 0 Å². The van der Waals surface area contributed by atoms with Crippen LogP contribution in [0.25, 0.3) is 6.08 Å². The fraction of sp³-hybridized carbons (Fsp3) is 0.211. The van der Waals surface area contributed by atoms with Crippen molar-refractivity contribution in [2.24, 2.45) is 0 Å².